The summed E-state index contributed by atoms with van der Waals surface area (Å²) >= 11 is 0. The maximum atomic E-state index is 12.6. The first-order valence-electron chi connectivity index (χ1n) is 6.68. The second-order valence-corrected chi connectivity index (χ2v) is 5.54. The number of aromatic amines is 1. The average molecular weight is 262 g/mol. The van der Waals surface area contributed by atoms with Crippen LogP contribution < -0.4 is 0 Å². The van der Waals surface area contributed by atoms with Crippen LogP contribution in [-0.4, -0.2) is 57.5 Å². The number of rotatable bonds is 1. The van der Waals surface area contributed by atoms with Crippen molar-refractivity contribution in [2.45, 2.75) is 31.2 Å². The first-order valence-corrected chi connectivity index (χ1v) is 6.68. The standard InChI is InChI=1S/C13H18N4O2/c1-16-9-13(8-11(16)18)5-2-3-7-17(13)12(19)10-4-6-14-15-10/h4,6H,2-3,5,7-9H2,1H3,(H,14,15). The Morgan fingerprint density at radius 1 is 1.47 bits per heavy atom. The third-order valence-corrected chi connectivity index (χ3v) is 4.26. The highest BCUT2D eigenvalue weighted by atomic mass is 16.2. The molecule has 2 fully saturated rings. The van der Waals surface area contributed by atoms with Crippen LogP contribution in [0.5, 0.6) is 0 Å². The molecule has 0 aliphatic carbocycles. The molecule has 1 atom stereocenters. The number of nitrogens with zero attached hydrogens (tertiary/aromatic N) is 3. The summed E-state index contributed by atoms with van der Waals surface area (Å²) in [4.78, 5) is 28.0. The van der Waals surface area contributed by atoms with Gasteiger partial charge in [0.15, 0.2) is 0 Å². The second-order valence-electron chi connectivity index (χ2n) is 5.54. The van der Waals surface area contributed by atoms with Gasteiger partial charge >= 0.3 is 0 Å². The van der Waals surface area contributed by atoms with Gasteiger partial charge in [-0.25, -0.2) is 0 Å². The van der Waals surface area contributed by atoms with Gasteiger partial charge in [0.05, 0.1) is 12.0 Å². The monoisotopic (exact) mass is 262 g/mol. The van der Waals surface area contributed by atoms with E-state index >= 15 is 0 Å². The molecular weight excluding hydrogens is 244 g/mol. The van der Waals surface area contributed by atoms with Crippen molar-refractivity contribution in [2.24, 2.45) is 0 Å². The van der Waals surface area contributed by atoms with Crippen LogP contribution in [0.1, 0.15) is 36.2 Å². The van der Waals surface area contributed by atoms with E-state index in [1.165, 1.54) is 0 Å². The van der Waals surface area contributed by atoms with Crippen LogP contribution in [-0.2, 0) is 4.79 Å². The van der Waals surface area contributed by atoms with Crippen molar-refractivity contribution in [2.75, 3.05) is 20.1 Å². The van der Waals surface area contributed by atoms with Crippen LogP contribution in [0.15, 0.2) is 12.3 Å². The maximum absolute atomic E-state index is 12.6. The minimum absolute atomic E-state index is 0.0414. The molecule has 1 aromatic heterocycles. The number of aromatic nitrogens is 2. The van der Waals surface area contributed by atoms with E-state index in [1.54, 1.807) is 17.2 Å². The Bertz CT molecular complexity index is 499. The first-order chi connectivity index (χ1) is 9.12. The Morgan fingerprint density at radius 3 is 2.95 bits per heavy atom. The second kappa shape index (κ2) is 4.36. The molecule has 3 rings (SSSR count). The molecule has 2 saturated heterocycles. The summed E-state index contributed by atoms with van der Waals surface area (Å²) in [6.45, 7) is 1.37. The first kappa shape index (κ1) is 12.2. The summed E-state index contributed by atoms with van der Waals surface area (Å²) in [5.74, 6) is 0.0876. The van der Waals surface area contributed by atoms with Crippen LogP contribution in [0.4, 0.5) is 0 Å². The van der Waals surface area contributed by atoms with Gasteiger partial charge in [-0.3, -0.25) is 14.7 Å². The molecular formula is C13H18N4O2. The number of hydrogen-bond donors (Lipinski definition) is 1. The van der Waals surface area contributed by atoms with Crippen LogP contribution in [0, 0.1) is 0 Å². The van der Waals surface area contributed by atoms with Crippen LogP contribution >= 0.6 is 0 Å². The minimum atomic E-state index is -0.313. The van der Waals surface area contributed by atoms with Crippen molar-refractivity contribution in [1.82, 2.24) is 20.0 Å². The van der Waals surface area contributed by atoms with E-state index in [-0.39, 0.29) is 17.4 Å². The molecule has 6 nitrogen and oxygen atoms in total. The third-order valence-electron chi connectivity index (χ3n) is 4.26. The van der Waals surface area contributed by atoms with Gasteiger partial charge in [0, 0.05) is 26.3 Å². The molecule has 19 heavy (non-hydrogen) atoms. The number of piperidine rings is 1. The molecule has 6 heteroatoms. The van der Waals surface area contributed by atoms with Gasteiger partial charge in [0.25, 0.3) is 5.91 Å². The van der Waals surface area contributed by atoms with Crippen molar-refractivity contribution >= 4 is 11.8 Å². The predicted octanol–water partition coefficient (Wildman–Crippen LogP) is 0.637. The summed E-state index contributed by atoms with van der Waals surface area (Å²) in [7, 11) is 1.81. The third kappa shape index (κ3) is 1.91. The Balaban J connectivity index is 1.90. The maximum Gasteiger partial charge on any atom is 0.272 e. The predicted molar refractivity (Wildman–Crippen MR) is 68.5 cm³/mol. The number of amides is 2. The van der Waals surface area contributed by atoms with Crippen molar-refractivity contribution in [3.63, 3.8) is 0 Å². The van der Waals surface area contributed by atoms with E-state index in [0.717, 1.165) is 25.8 Å². The number of nitrogens with one attached hydrogen (secondary N) is 1. The van der Waals surface area contributed by atoms with Crippen molar-refractivity contribution in [3.8, 4) is 0 Å². The number of carbonyl (C=O) groups excluding carboxylic acids is 2. The minimum Gasteiger partial charge on any atom is -0.343 e. The molecule has 3 heterocycles. The van der Waals surface area contributed by atoms with E-state index in [2.05, 4.69) is 10.2 Å². The van der Waals surface area contributed by atoms with E-state index in [4.69, 9.17) is 0 Å². The number of likely N-dealkylation sites (N-methyl/N-ethyl adjacent to an activating group) is 1. The normalized spacial score (nSPS) is 27.3. The molecule has 0 aromatic carbocycles. The summed E-state index contributed by atoms with van der Waals surface area (Å²) in [5, 5.41) is 6.56. The lowest BCUT2D eigenvalue weighted by Crippen LogP contribution is -2.56. The van der Waals surface area contributed by atoms with Crippen LogP contribution in [0.25, 0.3) is 0 Å². The van der Waals surface area contributed by atoms with Crippen LogP contribution in [0.2, 0.25) is 0 Å². The topological polar surface area (TPSA) is 69.3 Å². The van der Waals surface area contributed by atoms with E-state index in [9.17, 15) is 9.59 Å². The Hall–Kier alpha value is -1.85. The Kier molecular flexibility index (Phi) is 2.80. The van der Waals surface area contributed by atoms with Gasteiger partial charge in [-0.05, 0) is 25.3 Å². The summed E-state index contributed by atoms with van der Waals surface area (Å²) in [5.41, 5.74) is 0.190. The molecule has 1 aromatic rings. The molecule has 1 spiro atoms. The van der Waals surface area contributed by atoms with Gasteiger partial charge in [0.1, 0.15) is 5.69 Å². The zero-order chi connectivity index (χ0) is 13.5. The fourth-order valence-electron chi connectivity index (χ4n) is 3.28. The van der Waals surface area contributed by atoms with Gasteiger partial charge in [-0.15, -0.1) is 0 Å². The molecule has 2 amide bonds. The van der Waals surface area contributed by atoms with Crippen molar-refractivity contribution in [3.05, 3.63) is 18.0 Å². The zero-order valence-electron chi connectivity index (χ0n) is 11.1. The number of H-pyrrole nitrogens is 1. The van der Waals surface area contributed by atoms with Crippen LogP contribution in [0.3, 0.4) is 0 Å². The largest absolute Gasteiger partial charge is 0.343 e. The molecule has 2 aliphatic heterocycles. The lowest BCUT2D eigenvalue weighted by molar-refractivity contribution is -0.126. The average Bonchev–Trinajstić information content (AvgIpc) is 2.99. The fraction of sp³-hybridized carbons (Fsp3) is 0.615. The molecule has 0 saturated carbocycles. The van der Waals surface area contributed by atoms with Crippen molar-refractivity contribution < 1.29 is 9.59 Å². The smallest absolute Gasteiger partial charge is 0.272 e. The van der Waals surface area contributed by atoms with Gasteiger partial charge in [0.2, 0.25) is 5.91 Å². The molecule has 1 N–H and O–H groups in total. The molecule has 1 unspecified atom stereocenters. The quantitative estimate of drug-likeness (QED) is 0.807. The van der Waals surface area contributed by atoms with Gasteiger partial charge < -0.3 is 9.80 Å². The lowest BCUT2D eigenvalue weighted by atomic mass is 9.85. The highest BCUT2D eigenvalue weighted by Crippen LogP contribution is 2.37. The van der Waals surface area contributed by atoms with E-state index in [0.29, 0.717) is 18.7 Å². The number of carbonyl (C=O) groups is 2. The fourth-order valence-corrected chi connectivity index (χ4v) is 3.28. The van der Waals surface area contributed by atoms with E-state index < -0.39 is 0 Å². The Morgan fingerprint density at radius 2 is 2.32 bits per heavy atom. The zero-order valence-corrected chi connectivity index (χ0v) is 11.1. The Labute approximate surface area is 111 Å². The van der Waals surface area contributed by atoms with Gasteiger partial charge in [-0.2, -0.15) is 5.10 Å². The highest BCUT2D eigenvalue weighted by molar-refractivity contribution is 5.94. The van der Waals surface area contributed by atoms with Gasteiger partial charge in [-0.1, -0.05) is 0 Å². The molecule has 2 aliphatic rings. The SMILES string of the molecule is CN1CC2(CCCCN2C(=O)c2ccn[nH]2)CC1=O. The summed E-state index contributed by atoms with van der Waals surface area (Å²) in [6, 6.07) is 1.69. The lowest BCUT2D eigenvalue weighted by Gasteiger charge is -2.44. The number of likely N-dealkylation sites (tertiary alicyclic amines) is 2. The summed E-state index contributed by atoms with van der Waals surface area (Å²) < 4.78 is 0. The molecule has 0 bridgehead atoms. The highest BCUT2D eigenvalue weighted by Gasteiger charge is 2.49. The molecule has 102 valence electrons. The van der Waals surface area contributed by atoms with Crippen molar-refractivity contribution in [1.29, 1.82) is 0 Å². The molecule has 0 radical (unpaired) electrons. The van der Waals surface area contributed by atoms with E-state index in [1.807, 2.05) is 11.9 Å². The summed E-state index contributed by atoms with van der Waals surface area (Å²) in [6.07, 6.45) is 5.01. The number of hydrogen-bond acceptors (Lipinski definition) is 3.